The summed E-state index contributed by atoms with van der Waals surface area (Å²) in [6, 6.07) is 24.9. The molecule has 4 aromatic rings. The number of aromatic nitrogens is 1. The largest absolute Gasteiger partial charge is 0.489 e. The minimum Gasteiger partial charge on any atom is -0.489 e. The highest BCUT2D eigenvalue weighted by molar-refractivity contribution is 5.93. The molecular formula is C25H25N2O+. The molecule has 0 spiro atoms. The van der Waals surface area contributed by atoms with Crippen LogP contribution in [0.25, 0.3) is 10.9 Å². The number of nitrogens with one attached hydrogen (secondary N) is 2. The van der Waals surface area contributed by atoms with Gasteiger partial charge in [-0.2, -0.15) is 0 Å². The molecule has 4 rings (SSSR count). The first-order valence-electron chi connectivity index (χ1n) is 9.56. The third-order valence-corrected chi connectivity index (χ3v) is 4.83. The van der Waals surface area contributed by atoms with Crippen LogP contribution in [0, 0.1) is 20.8 Å². The molecule has 0 aliphatic heterocycles. The van der Waals surface area contributed by atoms with Gasteiger partial charge in [-0.1, -0.05) is 30.3 Å². The number of fused-ring (bicyclic) bond motifs is 1. The molecule has 28 heavy (non-hydrogen) atoms. The molecule has 3 aromatic carbocycles. The molecule has 140 valence electrons. The number of hydrogen-bond donors (Lipinski definition) is 1. The Bertz CT molecular complexity index is 1100. The molecule has 0 atom stereocenters. The van der Waals surface area contributed by atoms with Crippen LogP contribution in [0.15, 0.2) is 72.8 Å². The van der Waals surface area contributed by atoms with E-state index >= 15 is 0 Å². The van der Waals surface area contributed by atoms with Crippen LogP contribution >= 0.6 is 0 Å². The SMILES string of the molecule is Cc1cc(C)c2[nH+]c(C)cc(Nc3ccc(OCc4ccccc4)cc3)c2c1. The van der Waals surface area contributed by atoms with Gasteiger partial charge in [-0.15, -0.1) is 0 Å². The van der Waals surface area contributed by atoms with E-state index in [0.717, 1.165) is 28.4 Å². The standard InChI is InChI=1S/C25H24N2O/c1-17-13-18(2)25-23(14-17)24(15-19(3)26-25)27-21-9-11-22(12-10-21)28-16-20-7-5-4-6-8-20/h4-15H,16H2,1-3H3,(H,26,27)/p+1. The van der Waals surface area contributed by atoms with Crippen molar-refractivity contribution in [3.8, 4) is 5.75 Å². The van der Waals surface area contributed by atoms with E-state index in [4.69, 9.17) is 4.74 Å². The number of pyridine rings is 1. The van der Waals surface area contributed by atoms with Crippen LogP contribution in [0.2, 0.25) is 0 Å². The molecule has 0 amide bonds. The maximum absolute atomic E-state index is 5.89. The Labute approximate surface area is 166 Å². The lowest BCUT2D eigenvalue weighted by Gasteiger charge is -2.11. The summed E-state index contributed by atoms with van der Waals surface area (Å²) in [4.78, 5) is 3.49. The Kier molecular flexibility index (Phi) is 4.98. The van der Waals surface area contributed by atoms with Crippen LogP contribution in [0.1, 0.15) is 22.4 Å². The lowest BCUT2D eigenvalue weighted by Crippen LogP contribution is -2.11. The normalized spacial score (nSPS) is 10.8. The minimum atomic E-state index is 0.574. The number of anilines is 2. The van der Waals surface area contributed by atoms with Crippen LogP contribution in [0.3, 0.4) is 0 Å². The average Bonchev–Trinajstić information content (AvgIpc) is 2.69. The zero-order valence-corrected chi connectivity index (χ0v) is 16.5. The molecule has 1 heterocycles. The number of hydrogen-bond acceptors (Lipinski definition) is 2. The van der Waals surface area contributed by atoms with Crippen molar-refractivity contribution in [1.29, 1.82) is 0 Å². The van der Waals surface area contributed by atoms with Crippen molar-refractivity contribution >= 4 is 22.3 Å². The Balaban J connectivity index is 1.55. The molecule has 1 aromatic heterocycles. The highest BCUT2D eigenvalue weighted by Gasteiger charge is 2.12. The summed E-state index contributed by atoms with van der Waals surface area (Å²) < 4.78 is 5.89. The van der Waals surface area contributed by atoms with Crippen molar-refractivity contribution < 1.29 is 9.72 Å². The van der Waals surface area contributed by atoms with E-state index in [1.165, 1.54) is 22.0 Å². The first-order chi connectivity index (χ1) is 13.6. The van der Waals surface area contributed by atoms with Gasteiger partial charge >= 0.3 is 0 Å². The quantitative estimate of drug-likeness (QED) is 0.475. The fourth-order valence-corrected chi connectivity index (χ4v) is 3.51. The average molecular weight is 369 g/mol. The predicted octanol–water partition coefficient (Wildman–Crippen LogP) is 5.90. The van der Waals surface area contributed by atoms with E-state index in [2.05, 4.69) is 73.5 Å². The molecule has 0 radical (unpaired) electrons. The maximum Gasteiger partial charge on any atom is 0.216 e. The lowest BCUT2D eigenvalue weighted by atomic mass is 10.0. The van der Waals surface area contributed by atoms with Crippen molar-refractivity contribution in [2.24, 2.45) is 0 Å². The molecular weight excluding hydrogens is 344 g/mol. The van der Waals surface area contributed by atoms with Crippen LogP contribution in [0.4, 0.5) is 11.4 Å². The molecule has 0 saturated carbocycles. The van der Waals surface area contributed by atoms with Crippen molar-refractivity contribution in [2.75, 3.05) is 5.32 Å². The first-order valence-corrected chi connectivity index (χ1v) is 9.56. The summed E-state index contributed by atoms with van der Waals surface area (Å²) in [7, 11) is 0. The van der Waals surface area contributed by atoms with Gasteiger partial charge in [-0.25, -0.2) is 4.98 Å². The Morgan fingerprint density at radius 1 is 0.857 bits per heavy atom. The van der Waals surface area contributed by atoms with E-state index in [1.54, 1.807) is 0 Å². The van der Waals surface area contributed by atoms with Crippen LogP contribution in [-0.2, 0) is 6.61 Å². The third-order valence-electron chi connectivity index (χ3n) is 4.83. The summed E-state index contributed by atoms with van der Waals surface area (Å²) in [5.41, 5.74) is 8.13. The van der Waals surface area contributed by atoms with E-state index in [-0.39, 0.29) is 0 Å². The summed E-state index contributed by atoms with van der Waals surface area (Å²) in [6.45, 7) is 6.94. The molecule has 0 unspecified atom stereocenters. The van der Waals surface area contributed by atoms with E-state index < -0.39 is 0 Å². The summed E-state index contributed by atoms with van der Waals surface area (Å²) in [5.74, 6) is 0.864. The van der Waals surface area contributed by atoms with E-state index in [0.29, 0.717) is 6.61 Å². The summed E-state index contributed by atoms with van der Waals surface area (Å²) in [6.07, 6.45) is 0. The highest BCUT2D eigenvalue weighted by Crippen LogP contribution is 2.28. The first kappa shape index (κ1) is 18.1. The van der Waals surface area contributed by atoms with Gasteiger partial charge in [0.15, 0.2) is 5.69 Å². The summed E-state index contributed by atoms with van der Waals surface area (Å²) in [5, 5.41) is 4.77. The molecule has 3 nitrogen and oxygen atoms in total. The fraction of sp³-hybridized carbons (Fsp3) is 0.160. The summed E-state index contributed by atoms with van der Waals surface area (Å²) >= 11 is 0. The number of benzene rings is 3. The number of rotatable bonds is 5. The fourth-order valence-electron chi connectivity index (χ4n) is 3.51. The number of aromatic amines is 1. The van der Waals surface area contributed by atoms with E-state index in [9.17, 15) is 0 Å². The third kappa shape index (κ3) is 3.99. The monoisotopic (exact) mass is 369 g/mol. The number of ether oxygens (including phenoxy) is 1. The Morgan fingerprint density at radius 2 is 1.61 bits per heavy atom. The van der Waals surface area contributed by atoms with Crippen LogP contribution < -0.4 is 15.0 Å². The zero-order valence-electron chi connectivity index (χ0n) is 16.5. The molecule has 0 aliphatic carbocycles. The molecule has 0 saturated heterocycles. The smallest absolute Gasteiger partial charge is 0.216 e. The van der Waals surface area contributed by atoms with E-state index in [1.807, 2.05) is 30.3 Å². The maximum atomic E-state index is 5.89. The molecule has 0 aliphatic rings. The minimum absolute atomic E-state index is 0.574. The lowest BCUT2D eigenvalue weighted by molar-refractivity contribution is -0.354. The topological polar surface area (TPSA) is 35.4 Å². The van der Waals surface area contributed by atoms with Gasteiger partial charge in [0, 0.05) is 24.2 Å². The molecule has 0 bridgehead atoms. The van der Waals surface area contributed by atoms with Crippen molar-refractivity contribution in [3.05, 3.63) is 95.2 Å². The van der Waals surface area contributed by atoms with Gasteiger partial charge < -0.3 is 10.1 Å². The highest BCUT2D eigenvalue weighted by atomic mass is 16.5. The van der Waals surface area contributed by atoms with Crippen LogP contribution in [0.5, 0.6) is 5.75 Å². The number of aryl methyl sites for hydroxylation is 3. The van der Waals surface area contributed by atoms with Crippen molar-refractivity contribution in [2.45, 2.75) is 27.4 Å². The van der Waals surface area contributed by atoms with Gasteiger partial charge in [0.1, 0.15) is 12.4 Å². The molecule has 0 fully saturated rings. The number of H-pyrrole nitrogens is 1. The second-order valence-electron chi connectivity index (χ2n) is 7.29. The second-order valence-corrected chi connectivity index (χ2v) is 7.29. The van der Waals surface area contributed by atoms with Gasteiger partial charge in [0.25, 0.3) is 0 Å². The Hall–Kier alpha value is -3.33. The van der Waals surface area contributed by atoms with Gasteiger partial charge in [0.2, 0.25) is 5.52 Å². The molecule has 2 N–H and O–H groups in total. The van der Waals surface area contributed by atoms with Gasteiger partial charge in [-0.3, -0.25) is 0 Å². The van der Waals surface area contributed by atoms with Crippen molar-refractivity contribution in [1.82, 2.24) is 0 Å². The van der Waals surface area contributed by atoms with Gasteiger partial charge in [0.05, 0.1) is 11.1 Å². The van der Waals surface area contributed by atoms with Gasteiger partial charge in [-0.05, 0) is 61.4 Å². The second kappa shape index (κ2) is 7.73. The predicted molar refractivity (Wildman–Crippen MR) is 115 cm³/mol. The zero-order chi connectivity index (χ0) is 19.5. The molecule has 3 heteroatoms. The van der Waals surface area contributed by atoms with Crippen LogP contribution in [-0.4, -0.2) is 0 Å². The Morgan fingerprint density at radius 3 is 2.36 bits per heavy atom. The van der Waals surface area contributed by atoms with Crippen molar-refractivity contribution in [3.63, 3.8) is 0 Å².